The number of rotatable bonds is 7. The maximum Gasteiger partial charge on any atom is 0.307 e. The highest BCUT2D eigenvalue weighted by Crippen LogP contribution is 2.21. The lowest BCUT2D eigenvalue weighted by Gasteiger charge is -2.07. The monoisotopic (exact) mass is 316 g/mol. The molecule has 1 aromatic rings. The minimum Gasteiger partial charge on any atom is -0.466 e. The molecule has 1 aromatic carbocycles. The lowest BCUT2D eigenvalue weighted by Crippen LogP contribution is -2.26. The predicted molar refractivity (Wildman–Crippen MR) is 74.3 cm³/mol. The molecule has 8 nitrogen and oxygen atoms in total. The predicted octanol–water partition coefficient (Wildman–Crippen LogP) is 1.13. The molecule has 0 heterocycles. The molecule has 9 heteroatoms. The van der Waals surface area contributed by atoms with E-state index in [-0.39, 0.29) is 30.2 Å². The minimum atomic E-state index is -3.91. The van der Waals surface area contributed by atoms with E-state index >= 15 is 0 Å². The summed E-state index contributed by atoms with van der Waals surface area (Å²) in [6.07, 6.45) is -0.110. The molecular formula is C12H16N2O6S. The molecule has 1 rings (SSSR count). The Morgan fingerprint density at radius 1 is 1.43 bits per heavy atom. The van der Waals surface area contributed by atoms with Crippen LogP contribution in [0.3, 0.4) is 0 Å². The summed E-state index contributed by atoms with van der Waals surface area (Å²) in [4.78, 5) is 21.0. The fourth-order valence-corrected chi connectivity index (χ4v) is 2.61. The number of hydrogen-bond donors (Lipinski definition) is 1. The van der Waals surface area contributed by atoms with Crippen LogP contribution in [0, 0.1) is 17.0 Å². The zero-order chi connectivity index (χ0) is 16.0. The van der Waals surface area contributed by atoms with Crippen molar-refractivity contribution in [2.24, 2.45) is 0 Å². The maximum absolute atomic E-state index is 12.0. The molecule has 0 unspecified atom stereocenters. The Balaban J connectivity index is 2.81. The van der Waals surface area contributed by atoms with Crippen molar-refractivity contribution in [2.75, 3.05) is 13.2 Å². The van der Waals surface area contributed by atoms with Crippen molar-refractivity contribution in [1.82, 2.24) is 4.72 Å². The molecule has 116 valence electrons. The number of nitrogens with zero attached hydrogens (tertiary/aromatic N) is 1. The smallest absolute Gasteiger partial charge is 0.307 e. The fourth-order valence-electron chi connectivity index (χ4n) is 1.56. The Morgan fingerprint density at radius 2 is 2.10 bits per heavy atom. The van der Waals surface area contributed by atoms with E-state index in [0.29, 0.717) is 5.56 Å². The third-order valence-corrected chi connectivity index (χ3v) is 4.07. The number of carbonyl (C=O) groups is 1. The molecular weight excluding hydrogens is 300 g/mol. The van der Waals surface area contributed by atoms with E-state index in [2.05, 4.69) is 9.46 Å². The Hall–Kier alpha value is -2.00. The topological polar surface area (TPSA) is 116 Å². The largest absolute Gasteiger partial charge is 0.466 e. The highest BCUT2D eigenvalue weighted by molar-refractivity contribution is 7.89. The van der Waals surface area contributed by atoms with E-state index in [9.17, 15) is 23.3 Å². The second-order valence-electron chi connectivity index (χ2n) is 4.16. The fraction of sp³-hybridized carbons (Fsp3) is 0.417. The normalized spacial score (nSPS) is 11.1. The molecule has 0 saturated heterocycles. The first-order valence-electron chi connectivity index (χ1n) is 6.18. The Morgan fingerprint density at radius 3 is 2.67 bits per heavy atom. The molecule has 0 aliphatic carbocycles. The lowest BCUT2D eigenvalue weighted by atomic mass is 10.2. The third kappa shape index (κ3) is 4.80. The summed E-state index contributed by atoms with van der Waals surface area (Å²) in [5.41, 5.74) is 0.0914. The quantitative estimate of drug-likeness (QED) is 0.458. The van der Waals surface area contributed by atoms with Crippen LogP contribution in [-0.4, -0.2) is 32.5 Å². The van der Waals surface area contributed by atoms with E-state index in [1.165, 1.54) is 19.1 Å². The van der Waals surface area contributed by atoms with Gasteiger partial charge in [-0.15, -0.1) is 0 Å². The molecule has 0 aromatic heterocycles. The maximum atomic E-state index is 12.0. The first-order chi connectivity index (χ1) is 9.77. The highest BCUT2D eigenvalue weighted by atomic mass is 32.2. The van der Waals surface area contributed by atoms with Crippen LogP contribution in [0.15, 0.2) is 23.1 Å². The molecule has 0 bridgehead atoms. The molecule has 0 saturated carbocycles. The number of benzene rings is 1. The standard InChI is InChI=1S/C12H16N2O6S/c1-3-20-12(15)6-7-13-21(18,19)10-5-4-9(2)11(8-10)14(16)17/h4-5,8,13H,3,6-7H2,1-2H3. The summed E-state index contributed by atoms with van der Waals surface area (Å²) in [6.45, 7) is 3.24. The number of aryl methyl sites for hydroxylation is 1. The zero-order valence-corrected chi connectivity index (χ0v) is 12.5. The first kappa shape index (κ1) is 17.1. The van der Waals surface area contributed by atoms with Crippen molar-refractivity contribution in [3.8, 4) is 0 Å². The van der Waals surface area contributed by atoms with Crippen LogP contribution in [0.1, 0.15) is 18.9 Å². The van der Waals surface area contributed by atoms with E-state index < -0.39 is 20.9 Å². The summed E-state index contributed by atoms with van der Waals surface area (Å²) < 4.78 is 30.8. The van der Waals surface area contributed by atoms with Crippen molar-refractivity contribution in [1.29, 1.82) is 0 Å². The van der Waals surface area contributed by atoms with Crippen molar-refractivity contribution < 1.29 is 22.9 Å². The van der Waals surface area contributed by atoms with Crippen molar-refractivity contribution in [3.63, 3.8) is 0 Å². The molecule has 0 radical (unpaired) electrons. The molecule has 0 atom stereocenters. The summed E-state index contributed by atoms with van der Waals surface area (Å²) in [7, 11) is -3.91. The summed E-state index contributed by atoms with van der Waals surface area (Å²) in [6, 6.07) is 3.62. The number of sulfonamides is 1. The second kappa shape index (κ2) is 7.14. The molecule has 1 N–H and O–H groups in total. The minimum absolute atomic E-state index is 0.110. The molecule has 0 aliphatic heterocycles. The molecule has 0 aliphatic rings. The van der Waals surface area contributed by atoms with Gasteiger partial charge in [-0.25, -0.2) is 13.1 Å². The van der Waals surface area contributed by atoms with Crippen LogP contribution >= 0.6 is 0 Å². The second-order valence-corrected chi connectivity index (χ2v) is 5.93. The molecule has 0 spiro atoms. The number of nitro benzene ring substituents is 1. The SMILES string of the molecule is CCOC(=O)CCNS(=O)(=O)c1ccc(C)c([N+](=O)[O-])c1. The Kier molecular flexibility index (Phi) is 5.79. The zero-order valence-electron chi connectivity index (χ0n) is 11.7. The number of ether oxygens (including phenoxy) is 1. The van der Waals surface area contributed by atoms with Crippen molar-refractivity contribution in [3.05, 3.63) is 33.9 Å². The molecule has 21 heavy (non-hydrogen) atoms. The van der Waals surface area contributed by atoms with Gasteiger partial charge in [0.05, 0.1) is 22.8 Å². The van der Waals surface area contributed by atoms with Crippen molar-refractivity contribution >= 4 is 21.7 Å². The first-order valence-corrected chi connectivity index (χ1v) is 7.66. The van der Waals surface area contributed by atoms with Gasteiger partial charge >= 0.3 is 5.97 Å². The highest BCUT2D eigenvalue weighted by Gasteiger charge is 2.19. The van der Waals surface area contributed by atoms with Gasteiger partial charge in [-0.05, 0) is 19.9 Å². The van der Waals surface area contributed by atoms with Gasteiger partial charge in [-0.1, -0.05) is 6.07 Å². The van der Waals surface area contributed by atoms with Gasteiger partial charge in [0.2, 0.25) is 10.0 Å². The van der Waals surface area contributed by atoms with E-state index in [1.807, 2.05) is 0 Å². The molecule has 0 amide bonds. The summed E-state index contributed by atoms with van der Waals surface area (Å²) in [5.74, 6) is -0.518. The van der Waals surface area contributed by atoms with Gasteiger partial charge in [0.15, 0.2) is 0 Å². The van der Waals surface area contributed by atoms with E-state index in [0.717, 1.165) is 6.07 Å². The van der Waals surface area contributed by atoms with Crippen LogP contribution in [0.4, 0.5) is 5.69 Å². The van der Waals surface area contributed by atoms with Crippen LogP contribution in [-0.2, 0) is 19.6 Å². The number of carbonyl (C=O) groups excluding carboxylic acids is 1. The number of nitrogens with one attached hydrogen (secondary N) is 1. The number of hydrogen-bond acceptors (Lipinski definition) is 6. The van der Waals surface area contributed by atoms with Gasteiger partial charge in [0.1, 0.15) is 0 Å². The average Bonchev–Trinajstić information content (AvgIpc) is 2.38. The van der Waals surface area contributed by atoms with Gasteiger partial charge in [-0.2, -0.15) is 0 Å². The van der Waals surface area contributed by atoms with Gasteiger partial charge in [-0.3, -0.25) is 14.9 Å². The van der Waals surface area contributed by atoms with Crippen LogP contribution in [0.5, 0.6) is 0 Å². The van der Waals surface area contributed by atoms with Crippen LogP contribution in [0.25, 0.3) is 0 Å². The number of nitro groups is 1. The Bertz CT molecular complexity index is 641. The van der Waals surface area contributed by atoms with Gasteiger partial charge in [0, 0.05) is 18.2 Å². The lowest BCUT2D eigenvalue weighted by molar-refractivity contribution is -0.385. The van der Waals surface area contributed by atoms with Crippen molar-refractivity contribution in [2.45, 2.75) is 25.2 Å². The van der Waals surface area contributed by atoms with E-state index in [4.69, 9.17) is 0 Å². The summed E-state index contributed by atoms with van der Waals surface area (Å²) >= 11 is 0. The van der Waals surface area contributed by atoms with Gasteiger partial charge in [0.25, 0.3) is 5.69 Å². The Labute approximate surface area is 122 Å². The van der Waals surface area contributed by atoms with Crippen LogP contribution < -0.4 is 4.72 Å². The van der Waals surface area contributed by atoms with E-state index in [1.54, 1.807) is 6.92 Å². The number of esters is 1. The summed E-state index contributed by atoms with van der Waals surface area (Å²) in [5, 5.41) is 10.8. The van der Waals surface area contributed by atoms with Crippen LogP contribution in [0.2, 0.25) is 0 Å². The average molecular weight is 316 g/mol. The molecule has 0 fully saturated rings. The van der Waals surface area contributed by atoms with Gasteiger partial charge < -0.3 is 4.74 Å². The third-order valence-electron chi connectivity index (χ3n) is 2.61.